The second-order valence-electron chi connectivity index (χ2n) is 1.94. The molecular weight excluding hydrogens is 175 g/mol. The molecule has 0 aromatic heterocycles. The predicted octanol–water partition coefficient (Wildman–Crippen LogP) is -2.14. The van der Waals surface area contributed by atoms with Crippen LogP contribution in [0.3, 0.4) is 0 Å². The third-order valence-electron chi connectivity index (χ3n) is 1.04. The molecule has 0 aliphatic carbocycles. The van der Waals surface area contributed by atoms with Crippen molar-refractivity contribution in [2.75, 3.05) is 0 Å². The zero-order chi connectivity index (χ0) is 9.23. The first-order valence-corrected chi connectivity index (χ1v) is 4.24. The van der Waals surface area contributed by atoms with Crippen molar-refractivity contribution in [1.29, 1.82) is 0 Å². The minimum atomic E-state index is -4.59. The van der Waals surface area contributed by atoms with Crippen molar-refractivity contribution in [1.82, 2.24) is 0 Å². The maximum Gasteiger partial charge on any atom is 0.344 e. The molecule has 7 N–H and O–H groups in total. The maximum atomic E-state index is 10.3. The number of aliphatic carboxylic acids is 1. The van der Waals surface area contributed by atoms with Gasteiger partial charge >= 0.3 is 13.6 Å². The number of nitrogens with two attached hydrogens (primary N) is 2. The van der Waals surface area contributed by atoms with Crippen LogP contribution in [0.1, 0.15) is 0 Å². The third-order valence-corrected chi connectivity index (χ3v) is 2.14. The molecule has 0 aromatic rings. The summed E-state index contributed by atoms with van der Waals surface area (Å²) in [5.74, 6) is -3.39. The molecule has 11 heavy (non-hydrogen) atoms. The minimum Gasteiger partial charge on any atom is -0.480 e. The van der Waals surface area contributed by atoms with Gasteiger partial charge in [0.2, 0.25) is 0 Å². The molecule has 0 amide bonds. The highest BCUT2D eigenvalue weighted by molar-refractivity contribution is 7.52. The number of carboxylic acids is 1. The second kappa shape index (κ2) is 3.29. The molecule has 0 rings (SSSR count). The summed E-state index contributed by atoms with van der Waals surface area (Å²) in [6.07, 6.45) is 0. The lowest BCUT2D eigenvalue weighted by Crippen LogP contribution is -2.46. The van der Waals surface area contributed by atoms with E-state index in [0.717, 1.165) is 0 Å². The summed E-state index contributed by atoms with van der Waals surface area (Å²) < 4.78 is 10.3. The van der Waals surface area contributed by atoms with Crippen LogP contribution in [0.4, 0.5) is 0 Å². The molecule has 0 saturated carbocycles. The highest BCUT2D eigenvalue weighted by atomic mass is 31.2. The molecule has 0 heterocycles. The fraction of sp³-hybridized carbons (Fsp3) is 0.667. The van der Waals surface area contributed by atoms with Gasteiger partial charge in [-0.1, -0.05) is 0 Å². The van der Waals surface area contributed by atoms with Gasteiger partial charge in [-0.05, 0) is 0 Å². The molecule has 66 valence electrons. The Morgan fingerprint density at radius 3 is 1.82 bits per heavy atom. The quantitative estimate of drug-likeness (QED) is 0.314. The first-order chi connectivity index (χ1) is 4.76. The molecule has 0 aliphatic rings. The van der Waals surface area contributed by atoms with Gasteiger partial charge in [0.15, 0.2) is 0 Å². The standard InChI is InChI=1S/C3H9N2O5P/c4-1(3(6)7)2(5)11(8,9)10/h1-2H,4-5H2,(H,6,7)(H2,8,9,10)/t1-,2+/m1/s1. The van der Waals surface area contributed by atoms with Gasteiger partial charge < -0.3 is 26.4 Å². The summed E-state index contributed by atoms with van der Waals surface area (Å²) in [7, 11) is -4.59. The van der Waals surface area contributed by atoms with Crippen LogP contribution in [0.5, 0.6) is 0 Å². The number of hydrogen-bond donors (Lipinski definition) is 5. The average molecular weight is 184 g/mol. The first kappa shape index (κ1) is 10.5. The minimum absolute atomic E-state index is 1.54. The summed E-state index contributed by atoms with van der Waals surface area (Å²) in [5, 5.41) is 8.17. The second-order valence-corrected chi connectivity index (χ2v) is 3.72. The summed E-state index contributed by atoms with van der Waals surface area (Å²) in [6, 6.07) is -1.74. The molecular formula is C3H9N2O5P. The van der Waals surface area contributed by atoms with Crippen LogP contribution >= 0.6 is 7.60 Å². The van der Waals surface area contributed by atoms with Crippen LogP contribution in [0, 0.1) is 0 Å². The highest BCUT2D eigenvalue weighted by Gasteiger charge is 2.34. The summed E-state index contributed by atoms with van der Waals surface area (Å²) in [6.45, 7) is 0. The summed E-state index contributed by atoms with van der Waals surface area (Å²) in [5.41, 5.74) is 9.66. The Balaban J connectivity index is 4.38. The van der Waals surface area contributed by atoms with E-state index < -0.39 is 25.4 Å². The molecule has 0 bridgehead atoms. The molecule has 0 aromatic carbocycles. The van der Waals surface area contributed by atoms with Gasteiger partial charge in [-0.2, -0.15) is 0 Å². The Kier molecular flexibility index (Phi) is 3.15. The lowest BCUT2D eigenvalue weighted by Gasteiger charge is -2.16. The van der Waals surface area contributed by atoms with Gasteiger partial charge in [0.25, 0.3) is 0 Å². The maximum absolute atomic E-state index is 10.3. The molecule has 0 spiro atoms. The van der Waals surface area contributed by atoms with Gasteiger partial charge in [0, 0.05) is 0 Å². The Labute approximate surface area is 62.2 Å². The number of carboxylic acid groups (broad SMARTS) is 1. The van der Waals surface area contributed by atoms with E-state index in [9.17, 15) is 9.36 Å². The van der Waals surface area contributed by atoms with E-state index in [-0.39, 0.29) is 0 Å². The first-order valence-electron chi connectivity index (χ1n) is 2.56. The van der Waals surface area contributed by atoms with Crippen LogP contribution in [-0.4, -0.2) is 32.7 Å². The number of rotatable bonds is 3. The Hall–Kier alpha value is -0.460. The fourth-order valence-corrected chi connectivity index (χ4v) is 0.901. The van der Waals surface area contributed by atoms with E-state index in [1.54, 1.807) is 0 Å². The van der Waals surface area contributed by atoms with Crippen LogP contribution < -0.4 is 11.5 Å². The zero-order valence-electron chi connectivity index (χ0n) is 5.41. The van der Waals surface area contributed by atoms with E-state index >= 15 is 0 Å². The lowest BCUT2D eigenvalue weighted by atomic mass is 10.3. The van der Waals surface area contributed by atoms with Crippen molar-refractivity contribution in [2.24, 2.45) is 11.5 Å². The van der Waals surface area contributed by atoms with E-state index in [2.05, 4.69) is 0 Å². The summed E-state index contributed by atoms with van der Waals surface area (Å²) >= 11 is 0. The SMILES string of the molecule is N[C@H]([C@@H](N)C(=O)O)P(=O)(O)O. The van der Waals surface area contributed by atoms with E-state index in [0.29, 0.717) is 0 Å². The summed E-state index contributed by atoms with van der Waals surface area (Å²) in [4.78, 5) is 26.7. The van der Waals surface area contributed by atoms with Crippen LogP contribution in [0.2, 0.25) is 0 Å². The molecule has 0 radical (unpaired) electrons. The number of hydrogen-bond acceptors (Lipinski definition) is 4. The van der Waals surface area contributed by atoms with Crippen molar-refractivity contribution < 1.29 is 24.3 Å². The van der Waals surface area contributed by atoms with Crippen molar-refractivity contribution >= 4 is 13.6 Å². The number of carbonyl (C=O) groups is 1. The predicted molar refractivity (Wildman–Crippen MR) is 35.6 cm³/mol. The largest absolute Gasteiger partial charge is 0.480 e. The topological polar surface area (TPSA) is 147 Å². The van der Waals surface area contributed by atoms with Crippen LogP contribution in [0.15, 0.2) is 0 Å². The van der Waals surface area contributed by atoms with E-state index in [4.69, 9.17) is 26.4 Å². The molecule has 0 unspecified atom stereocenters. The van der Waals surface area contributed by atoms with Crippen molar-refractivity contribution in [2.45, 2.75) is 11.8 Å². The average Bonchev–Trinajstić information content (AvgIpc) is 1.82. The Bertz CT molecular complexity index is 200. The van der Waals surface area contributed by atoms with Crippen molar-refractivity contribution in [3.8, 4) is 0 Å². The van der Waals surface area contributed by atoms with E-state index in [1.165, 1.54) is 0 Å². The van der Waals surface area contributed by atoms with Crippen molar-refractivity contribution in [3.05, 3.63) is 0 Å². The Morgan fingerprint density at radius 2 is 1.73 bits per heavy atom. The smallest absolute Gasteiger partial charge is 0.344 e. The molecule has 0 aliphatic heterocycles. The fourth-order valence-electron chi connectivity index (χ4n) is 0.355. The van der Waals surface area contributed by atoms with Gasteiger partial charge in [-0.15, -0.1) is 0 Å². The Morgan fingerprint density at radius 1 is 1.36 bits per heavy atom. The van der Waals surface area contributed by atoms with Crippen LogP contribution in [0.25, 0.3) is 0 Å². The van der Waals surface area contributed by atoms with Gasteiger partial charge in [0.1, 0.15) is 11.8 Å². The van der Waals surface area contributed by atoms with Gasteiger partial charge in [0.05, 0.1) is 0 Å². The van der Waals surface area contributed by atoms with Gasteiger partial charge in [-0.3, -0.25) is 9.36 Å². The lowest BCUT2D eigenvalue weighted by molar-refractivity contribution is -0.138. The molecule has 8 heteroatoms. The van der Waals surface area contributed by atoms with Crippen molar-refractivity contribution in [3.63, 3.8) is 0 Å². The zero-order valence-corrected chi connectivity index (χ0v) is 6.31. The molecule has 0 fully saturated rings. The van der Waals surface area contributed by atoms with Crippen LogP contribution in [-0.2, 0) is 9.36 Å². The molecule has 0 saturated heterocycles. The molecule has 7 nitrogen and oxygen atoms in total. The molecule has 2 atom stereocenters. The third kappa shape index (κ3) is 2.96. The normalized spacial score (nSPS) is 17.5. The monoisotopic (exact) mass is 184 g/mol. The highest BCUT2D eigenvalue weighted by Crippen LogP contribution is 2.39. The van der Waals surface area contributed by atoms with Gasteiger partial charge in [-0.25, -0.2) is 0 Å². The van der Waals surface area contributed by atoms with E-state index in [1.807, 2.05) is 0 Å².